The lowest BCUT2D eigenvalue weighted by Crippen LogP contribution is -2.57. The topological polar surface area (TPSA) is 138 Å². The van der Waals surface area contributed by atoms with E-state index in [0.29, 0.717) is 43.5 Å². The molecule has 3 aliphatic heterocycles. The predicted octanol–water partition coefficient (Wildman–Crippen LogP) is 1.59. The number of aliphatic hydroxyl groups excluding tert-OH is 2. The van der Waals surface area contributed by atoms with Crippen LogP contribution in [0.3, 0.4) is 0 Å². The molecule has 46 heavy (non-hydrogen) atoms. The van der Waals surface area contributed by atoms with Crippen LogP contribution in [0.4, 0.5) is 0 Å². The Labute approximate surface area is 270 Å². The number of nitrogens with zero attached hydrogens (tertiary/aromatic N) is 3. The van der Waals surface area contributed by atoms with Crippen molar-refractivity contribution in [3.8, 4) is 0 Å². The summed E-state index contributed by atoms with van der Waals surface area (Å²) in [5.74, 6) is -2.56. The lowest BCUT2D eigenvalue weighted by atomic mass is 9.53. The number of carbonyl (C=O) groups excluding carboxylic acids is 3. The summed E-state index contributed by atoms with van der Waals surface area (Å²) in [4.78, 5) is 47.2. The molecular weight excluding hydrogens is 594 g/mol. The molecule has 12 nitrogen and oxygen atoms in total. The van der Waals surface area contributed by atoms with Gasteiger partial charge in [-0.3, -0.25) is 19.4 Å². The maximum absolute atomic E-state index is 14.2. The average Bonchev–Trinajstić information content (AvgIpc) is 3.32. The first-order valence-electron chi connectivity index (χ1n) is 16.8. The highest BCUT2D eigenvalue weighted by atomic mass is 16.6. The maximum atomic E-state index is 14.2. The molecule has 6 unspecified atom stereocenters. The number of hydrogen-bond acceptors (Lipinski definition) is 12. The molecule has 6 atom stereocenters. The van der Waals surface area contributed by atoms with E-state index in [1.165, 1.54) is 14.0 Å². The molecule has 2 N–H and O–H groups in total. The van der Waals surface area contributed by atoms with Crippen molar-refractivity contribution in [2.24, 2.45) is 16.7 Å². The number of methoxy groups -OCH3 is 1. The molecule has 0 amide bonds. The van der Waals surface area contributed by atoms with Crippen LogP contribution in [0.5, 0.6) is 0 Å². The van der Waals surface area contributed by atoms with E-state index in [0.717, 1.165) is 58.9 Å². The van der Waals surface area contributed by atoms with Crippen LogP contribution in [-0.4, -0.2) is 140 Å². The molecule has 6 rings (SSSR count). The fourth-order valence-corrected chi connectivity index (χ4v) is 8.91. The number of ether oxygens (including phenoxy) is 4. The lowest BCUT2D eigenvalue weighted by molar-refractivity contribution is -0.161. The van der Waals surface area contributed by atoms with Crippen molar-refractivity contribution in [1.29, 1.82) is 0 Å². The number of fused-ring (bicyclic) bond motifs is 4. The number of rotatable bonds is 8. The number of Topliss-reactive ketones (excluding diaryl/α,β-unsaturated/α-hetero) is 1. The minimum atomic E-state index is -1.21. The first kappa shape index (κ1) is 33.1. The summed E-state index contributed by atoms with van der Waals surface area (Å²) >= 11 is 0. The smallest absolute Gasteiger partial charge is 0.340 e. The zero-order chi connectivity index (χ0) is 32.8. The molecule has 254 valence electrons. The summed E-state index contributed by atoms with van der Waals surface area (Å²) in [6, 6.07) is 0. The molecule has 0 bridgehead atoms. The number of ketones is 1. The summed E-state index contributed by atoms with van der Waals surface area (Å²) < 4.78 is 22.9. The van der Waals surface area contributed by atoms with Crippen LogP contribution in [0.1, 0.15) is 46.5 Å². The normalized spacial score (nSPS) is 36.5. The molecule has 0 aromatic carbocycles. The highest BCUT2D eigenvalue weighted by molar-refractivity contribution is 6.13. The minimum absolute atomic E-state index is 0.0117. The highest BCUT2D eigenvalue weighted by Gasteiger charge is 2.64. The van der Waals surface area contributed by atoms with Crippen molar-refractivity contribution >= 4 is 17.7 Å². The van der Waals surface area contributed by atoms with Gasteiger partial charge in [0.1, 0.15) is 12.2 Å². The standard InChI is InChI=1S/C34H49N3O9/c1-21(38)45-24-18-33(2)23(6-7-25(33)39)27-29(24)34(3)26(20-43-4)46-32(42)22(28(34)31(41)30(27)40)19-37-12-10-35(11-13-37)8-5-9-36-14-16-44-17-15-36/h19,23-26,39,41H,5-18,20H2,1-4H3/b22-19-. The quantitative estimate of drug-likeness (QED) is 0.294. The van der Waals surface area contributed by atoms with Gasteiger partial charge < -0.3 is 34.1 Å². The number of carbonyl (C=O) groups is 3. The Morgan fingerprint density at radius 2 is 1.72 bits per heavy atom. The fourth-order valence-electron chi connectivity index (χ4n) is 8.91. The summed E-state index contributed by atoms with van der Waals surface area (Å²) in [6.07, 6.45) is 1.75. The Morgan fingerprint density at radius 1 is 1.04 bits per heavy atom. The van der Waals surface area contributed by atoms with E-state index in [9.17, 15) is 24.6 Å². The zero-order valence-electron chi connectivity index (χ0n) is 27.6. The first-order valence-corrected chi connectivity index (χ1v) is 16.8. The van der Waals surface area contributed by atoms with Crippen LogP contribution >= 0.6 is 0 Å². The molecule has 0 aromatic rings. The van der Waals surface area contributed by atoms with Crippen LogP contribution in [0, 0.1) is 16.7 Å². The van der Waals surface area contributed by atoms with E-state index >= 15 is 0 Å². The number of esters is 2. The van der Waals surface area contributed by atoms with Gasteiger partial charge in [-0.1, -0.05) is 6.92 Å². The van der Waals surface area contributed by atoms with E-state index in [2.05, 4.69) is 14.7 Å². The summed E-state index contributed by atoms with van der Waals surface area (Å²) in [7, 11) is 1.50. The van der Waals surface area contributed by atoms with Crippen molar-refractivity contribution in [3.63, 3.8) is 0 Å². The van der Waals surface area contributed by atoms with Crippen molar-refractivity contribution in [2.75, 3.05) is 79.3 Å². The third kappa shape index (κ3) is 5.70. The number of morpholine rings is 1. The maximum Gasteiger partial charge on any atom is 0.340 e. The van der Waals surface area contributed by atoms with Gasteiger partial charge in [0.15, 0.2) is 5.76 Å². The molecule has 3 aliphatic carbocycles. The van der Waals surface area contributed by atoms with Crippen molar-refractivity contribution in [1.82, 2.24) is 14.7 Å². The van der Waals surface area contributed by atoms with Crippen LogP contribution in [-0.2, 0) is 33.3 Å². The van der Waals surface area contributed by atoms with E-state index in [-0.39, 0.29) is 23.7 Å². The minimum Gasteiger partial charge on any atom is -0.504 e. The van der Waals surface area contributed by atoms with Gasteiger partial charge in [-0.15, -0.1) is 0 Å². The molecule has 0 radical (unpaired) electrons. The van der Waals surface area contributed by atoms with Crippen molar-refractivity contribution in [3.05, 3.63) is 34.3 Å². The number of piperazine rings is 1. The van der Waals surface area contributed by atoms with Gasteiger partial charge in [-0.25, -0.2) is 4.79 Å². The average molecular weight is 644 g/mol. The van der Waals surface area contributed by atoms with Crippen LogP contribution < -0.4 is 0 Å². The van der Waals surface area contributed by atoms with Gasteiger partial charge in [-0.05, 0) is 57.2 Å². The second kappa shape index (κ2) is 13.0. The van der Waals surface area contributed by atoms with Crippen LogP contribution in [0.2, 0.25) is 0 Å². The molecule has 0 spiro atoms. The third-order valence-electron chi connectivity index (χ3n) is 11.4. The Balaban J connectivity index is 1.30. The lowest BCUT2D eigenvalue weighted by Gasteiger charge is -2.54. The Hall–Kier alpha value is -2.77. The Morgan fingerprint density at radius 3 is 2.37 bits per heavy atom. The summed E-state index contributed by atoms with van der Waals surface area (Å²) in [6.45, 7) is 13.7. The van der Waals surface area contributed by atoms with Crippen molar-refractivity contribution in [2.45, 2.75) is 64.8 Å². The first-order chi connectivity index (χ1) is 22.0. The highest BCUT2D eigenvalue weighted by Crippen LogP contribution is 2.63. The van der Waals surface area contributed by atoms with Crippen LogP contribution in [0.25, 0.3) is 0 Å². The van der Waals surface area contributed by atoms with Gasteiger partial charge in [0.25, 0.3) is 0 Å². The van der Waals surface area contributed by atoms with Gasteiger partial charge >= 0.3 is 11.9 Å². The van der Waals surface area contributed by atoms with E-state index in [1.807, 2.05) is 13.8 Å². The summed E-state index contributed by atoms with van der Waals surface area (Å²) in [5.41, 5.74) is -0.687. The van der Waals surface area contributed by atoms with Crippen LogP contribution in [0.15, 0.2) is 34.3 Å². The third-order valence-corrected chi connectivity index (χ3v) is 11.4. The molecule has 0 aromatic heterocycles. The Bertz CT molecular complexity index is 1330. The van der Waals surface area contributed by atoms with Gasteiger partial charge in [0.05, 0.1) is 36.9 Å². The van der Waals surface area contributed by atoms with Gasteiger partial charge in [0, 0.05) is 76.1 Å². The molecular formula is C34H49N3O9. The zero-order valence-corrected chi connectivity index (χ0v) is 27.6. The second-order valence-corrected chi connectivity index (χ2v) is 14.1. The van der Waals surface area contributed by atoms with E-state index < -0.39 is 52.6 Å². The SMILES string of the molecule is COCC1OC(=O)/C(=C\N2CCN(CCCN3CCOCC3)CC2)C2=C(O)C(=O)C3=C(C(OC(C)=O)CC4(C)C(O)CCC34)C21C. The predicted molar refractivity (Wildman–Crippen MR) is 167 cm³/mol. The van der Waals surface area contributed by atoms with Gasteiger partial charge in [-0.2, -0.15) is 0 Å². The second-order valence-electron chi connectivity index (χ2n) is 14.1. The molecule has 6 aliphatic rings. The molecule has 1 saturated carbocycles. The molecule has 3 heterocycles. The number of aliphatic hydroxyl groups is 2. The number of hydrogen-bond donors (Lipinski definition) is 2. The monoisotopic (exact) mass is 643 g/mol. The van der Waals surface area contributed by atoms with E-state index in [4.69, 9.17) is 18.9 Å². The largest absolute Gasteiger partial charge is 0.504 e. The molecule has 12 heteroatoms. The molecule has 4 fully saturated rings. The van der Waals surface area contributed by atoms with Gasteiger partial charge in [0.2, 0.25) is 5.78 Å². The number of cyclic esters (lactones) is 1. The van der Waals surface area contributed by atoms with Crippen molar-refractivity contribution < 1.29 is 43.5 Å². The van der Waals surface area contributed by atoms with E-state index in [1.54, 1.807) is 6.20 Å². The molecule has 3 saturated heterocycles. The Kier molecular flexibility index (Phi) is 9.39. The summed E-state index contributed by atoms with van der Waals surface area (Å²) in [5, 5.41) is 22.8. The number of allylic oxidation sites excluding steroid dienone is 1. The fraction of sp³-hybridized carbons (Fsp3) is 0.735.